The Balaban J connectivity index is 2.07. The highest BCUT2D eigenvalue weighted by atomic mass is 35.5. The van der Waals surface area contributed by atoms with Gasteiger partial charge < -0.3 is 4.90 Å². The monoisotopic (exact) mass is 333 g/mol. The van der Waals surface area contributed by atoms with Crippen molar-refractivity contribution >= 4 is 17.5 Å². The number of hydrogen-bond acceptors (Lipinski definition) is 1. The number of piperidine rings is 1. The number of amides is 1. The molecule has 1 saturated heterocycles. The van der Waals surface area contributed by atoms with Crippen molar-refractivity contribution in [1.82, 2.24) is 4.90 Å². The Kier molecular flexibility index (Phi) is 4.76. The van der Waals surface area contributed by atoms with E-state index in [0.29, 0.717) is 5.02 Å². The lowest BCUT2D eigenvalue weighted by Crippen LogP contribution is -2.48. The van der Waals surface area contributed by atoms with Crippen LogP contribution in [0.1, 0.15) is 32.3 Å². The lowest BCUT2D eigenvalue weighted by molar-refractivity contribution is -0.187. The van der Waals surface area contributed by atoms with E-state index >= 15 is 0 Å². The molecule has 0 atom stereocenters. The summed E-state index contributed by atoms with van der Waals surface area (Å²) < 4.78 is 38.1. The van der Waals surface area contributed by atoms with E-state index in [1.807, 2.05) is 0 Å². The highest BCUT2D eigenvalue weighted by molar-refractivity contribution is 6.30. The smallest absolute Gasteiger partial charge is 0.342 e. The van der Waals surface area contributed by atoms with E-state index in [0.717, 1.165) is 5.56 Å². The Hall–Kier alpha value is -1.23. The molecule has 2 rings (SSSR count). The Bertz CT molecular complexity index is 531. The number of carbonyl (C=O) groups is 1. The number of likely N-dealkylation sites (tertiary alicyclic amines) is 1. The molecular weight excluding hydrogens is 315 g/mol. The van der Waals surface area contributed by atoms with Gasteiger partial charge in [0.1, 0.15) is 0 Å². The summed E-state index contributed by atoms with van der Waals surface area (Å²) in [4.78, 5) is 14.2. The molecule has 6 heteroatoms. The van der Waals surface area contributed by atoms with Gasteiger partial charge in [-0.2, -0.15) is 13.2 Å². The van der Waals surface area contributed by atoms with Crippen molar-refractivity contribution in [2.45, 2.75) is 38.3 Å². The maximum absolute atomic E-state index is 12.7. The molecule has 22 heavy (non-hydrogen) atoms. The van der Waals surface area contributed by atoms with E-state index in [-0.39, 0.29) is 31.8 Å². The molecule has 1 aliphatic heterocycles. The van der Waals surface area contributed by atoms with E-state index in [1.165, 1.54) is 4.90 Å². The zero-order valence-corrected chi connectivity index (χ0v) is 13.3. The van der Waals surface area contributed by atoms with Crippen LogP contribution in [0, 0.1) is 5.92 Å². The topological polar surface area (TPSA) is 20.3 Å². The Morgan fingerprint density at radius 3 is 2.09 bits per heavy atom. The van der Waals surface area contributed by atoms with Gasteiger partial charge in [-0.3, -0.25) is 4.79 Å². The number of benzene rings is 1. The fraction of sp³-hybridized carbons (Fsp3) is 0.562. The van der Waals surface area contributed by atoms with Crippen molar-refractivity contribution in [2.24, 2.45) is 5.92 Å². The third-order valence-electron chi connectivity index (χ3n) is 4.35. The number of carbonyl (C=O) groups excluding carboxylic acids is 1. The highest BCUT2D eigenvalue weighted by Crippen LogP contribution is 2.35. The highest BCUT2D eigenvalue weighted by Gasteiger charge is 2.43. The molecule has 0 bridgehead atoms. The first kappa shape index (κ1) is 17.1. The van der Waals surface area contributed by atoms with E-state index < -0.39 is 17.5 Å². The second-order valence-corrected chi connectivity index (χ2v) is 6.68. The molecule has 0 aromatic heterocycles. The van der Waals surface area contributed by atoms with Crippen LogP contribution in [-0.2, 0) is 10.2 Å². The molecule has 1 amide bonds. The van der Waals surface area contributed by atoms with Crippen molar-refractivity contribution in [2.75, 3.05) is 13.1 Å². The predicted molar refractivity (Wildman–Crippen MR) is 79.8 cm³/mol. The first-order chi connectivity index (χ1) is 10.1. The Morgan fingerprint density at radius 1 is 1.14 bits per heavy atom. The molecule has 1 fully saturated rings. The van der Waals surface area contributed by atoms with Gasteiger partial charge in [-0.25, -0.2) is 0 Å². The van der Waals surface area contributed by atoms with E-state index in [4.69, 9.17) is 11.6 Å². The minimum Gasteiger partial charge on any atom is -0.342 e. The molecule has 0 saturated carbocycles. The SMILES string of the molecule is CC(C)(C(=O)N1CCC(C(F)(F)F)CC1)c1ccc(Cl)cc1. The minimum atomic E-state index is -4.17. The number of nitrogens with zero attached hydrogens (tertiary/aromatic N) is 1. The Labute approximate surface area is 133 Å². The normalized spacial score (nSPS) is 17.6. The molecule has 1 aromatic carbocycles. The minimum absolute atomic E-state index is 0.0219. The van der Waals surface area contributed by atoms with Crippen LogP contribution in [0.2, 0.25) is 5.02 Å². The zero-order chi connectivity index (χ0) is 16.5. The number of rotatable bonds is 2. The second-order valence-electron chi connectivity index (χ2n) is 6.24. The van der Waals surface area contributed by atoms with Crippen LogP contribution in [0.15, 0.2) is 24.3 Å². The standard InChI is InChI=1S/C16H19ClF3NO/c1-15(2,11-3-5-13(17)6-4-11)14(22)21-9-7-12(8-10-21)16(18,19)20/h3-6,12H,7-10H2,1-2H3. The van der Waals surface area contributed by atoms with Crippen LogP contribution in [0.25, 0.3) is 0 Å². The van der Waals surface area contributed by atoms with Gasteiger partial charge in [0, 0.05) is 18.1 Å². The molecule has 1 heterocycles. The molecule has 0 aliphatic carbocycles. The average Bonchev–Trinajstić information content (AvgIpc) is 2.46. The first-order valence-electron chi connectivity index (χ1n) is 7.24. The van der Waals surface area contributed by atoms with Crippen molar-refractivity contribution in [1.29, 1.82) is 0 Å². The van der Waals surface area contributed by atoms with Gasteiger partial charge in [-0.15, -0.1) is 0 Å². The van der Waals surface area contributed by atoms with Crippen molar-refractivity contribution in [3.63, 3.8) is 0 Å². The Morgan fingerprint density at radius 2 is 1.64 bits per heavy atom. The lowest BCUT2D eigenvalue weighted by atomic mass is 9.82. The summed E-state index contributed by atoms with van der Waals surface area (Å²) in [5.41, 5.74) is 0.0233. The van der Waals surface area contributed by atoms with Crippen LogP contribution in [-0.4, -0.2) is 30.1 Å². The van der Waals surface area contributed by atoms with E-state index in [2.05, 4.69) is 0 Å². The average molecular weight is 334 g/mol. The molecule has 122 valence electrons. The van der Waals surface area contributed by atoms with Gasteiger partial charge in [0.05, 0.1) is 11.3 Å². The number of alkyl halides is 3. The fourth-order valence-corrected chi connectivity index (χ4v) is 2.92. The molecule has 0 unspecified atom stereocenters. The summed E-state index contributed by atoms with van der Waals surface area (Å²) in [5, 5.41) is 0.581. The van der Waals surface area contributed by atoms with Gasteiger partial charge in [0.15, 0.2) is 0 Å². The molecular formula is C16H19ClF3NO. The molecule has 0 spiro atoms. The molecule has 0 radical (unpaired) electrons. The third kappa shape index (κ3) is 3.57. The zero-order valence-electron chi connectivity index (χ0n) is 12.6. The van der Waals surface area contributed by atoms with Crippen LogP contribution in [0.4, 0.5) is 13.2 Å². The number of halogens is 4. The van der Waals surface area contributed by atoms with Gasteiger partial charge in [0.25, 0.3) is 0 Å². The lowest BCUT2D eigenvalue weighted by Gasteiger charge is -2.37. The van der Waals surface area contributed by atoms with Crippen LogP contribution in [0.3, 0.4) is 0 Å². The molecule has 0 N–H and O–H groups in total. The van der Waals surface area contributed by atoms with Crippen LogP contribution in [0.5, 0.6) is 0 Å². The number of hydrogen-bond donors (Lipinski definition) is 0. The fourth-order valence-electron chi connectivity index (χ4n) is 2.80. The van der Waals surface area contributed by atoms with Crippen molar-refractivity contribution in [3.8, 4) is 0 Å². The van der Waals surface area contributed by atoms with Gasteiger partial charge >= 0.3 is 6.18 Å². The molecule has 2 nitrogen and oxygen atoms in total. The summed E-state index contributed by atoms with van der Waals surface area (Å²) in [6.45, 7) is 3.88. The quantitative estimate of drug-likeness (QED) is 0.784. The second kappa shape index (κ2) is 6.11. The predicted octanol–water partition coefficient (Wildman–Crippen LogP) is 4.42. The van der Waals surface area contributed by atoms with Gasteiger partial charge in [-0.05, 0) is 44.4 Å². The summed E-state index contributed by atoms with van der Waals surface area (Å²) in [5.74, 6) is -1.44. The summed E-state index contributed by atoms with van der Waals surface area (Å²) in [6.07, 6.45) is -4.21. The first-order valence-corrected chi connectivity index (χ1v) is 7.62. The van der Waals surface area contributed by atoms with Crippen molar-refractivity contribution in [3.05, 3.63) is 34.9 Å². The summed E-state index contributed by atoms with van der Waals surface area (Å²) >= 11 is 5.85. The summed E-state index contributed by atoms with van der Waals surface area (Å²) in [6, 6.07) is 6.98. The van der Waals surface area contributed by atoms with Crippen LogP contribution >= 0.6 is 11.6 Å². The maximum Gasteiger partial charge on any atom is 0.391 e. The molecule has 1 aromatic rings. The van der Waals surface area contributed by atoms with Gasteiger partial charge in [-0.1, -0.05) is 23.7 Å². The molecule has 1 aliphatic rings. The van der Waals surface area contributed by atoms with E-state index in [9.17, 15) is 18.0 Å². The van der Waals surface area contributed by atoms with Gasteiger partial charge in [0.2, 0.25) is 5.91 Å². The van der Waals surface area contributed by atoms with E-state index in [1.54, 1.807) is 38.1 Å². The maximum atomic E-state index is 12.7. The third-order valence-corrected chi connectivity index (χ3v) is 4.60. The van der Waals surface area contributed by atoms with Crippen LogP contribution < -0.4 is 0 Å². The summed E-state index contributed by atoms with van der Waals surface area (Å²) in [7, 11) is 0. The largest absolute Gasteiger partial charge is 0.391 e. The van der Waals surface area contributed by atoms with Crippen molar-refractivity contribution < 1.29 is 18.0 Å².